The summed E-state index contributed by atoms with van der Waals surface area (Å²) in [6, 6.07) is 12.5. The predicted octanol–water partition coefficient (Wildman–Crippen LogP) is 8.11. The van der Waals surface area contributed by atoms with E-state index in [9.17, 15) is 8.42 Å². The molecule has 5 aromatic heterocycles. The Kier molecular flexibility index (Phi) is 8.29. The van der Waals surface area contributed by atoms with Gasteiger partial charge in [0.1, 0.15) is 5.82 Å². The van der Waals surface area contributed by atoms with E-state index >= 15 is 0 Å². The Bertz CT molecular complexity index is 2120. The van der Waals surface area contributed by atoms with Crippen LogP contribution in [0.3, 0.4) is 0 Å². The number of pyridine rings is 4. The van der Waals surface area contributed by atoms with E-state index < -0.39 is 9.84 Å². The molecule has 0 spiro atoms. The number of sulfone groups is 1. The van der Waals surface area contributed by atoms with Crippen LogP contribution in [0.1, 0.15) is 79.8 Å². The summed E-state index contributed by atoms with van der Waals surface area (Å²) in [6.45, 7) is 7.80. The summed E-state index contributed by atoms with van der Waals surface area (Å²) in [6.07, 6.45) is 11.3. The van der Waals surface area contributed by atoms with Gasteiger partial charge >= 0.3 is 0 Å². The van der Waals surface area contributed by atoms with Gasteiger partial charge in [-0.05, 0) is 104 Å². The number of hydrogen-bond acceptors (Lipinski definition) is 9. The van der Waals surface area contributed by atoms with E-state index in [2.05, 4.69) is 47.3 Å². The maximum atomic E-state index is 14.3. The van der Waals surface area contributed by atoms with Crippen LogP contribution in [0.4, 0.5) is 5.82 Å². The van der Waals surface area contributed by atoms with Crippen LogP contribution in [0.15, 0.2) is 59.9 Å². The molecule has 0 saturated carbocycles. The smallest absolute Gasteiger partial charge is 0.181 e. The molecule has 2 aliphatic heterocycles. The van der Waals surface area contributed by atoms with Crippen molar-refractivity contribution in [3.8, 4) is 21.6 Å². The van der Waals surface area contributed by atoms with Gasteiger partial charge in [-0.15, -0.1) is 11.3 Å². The number of rotatable bonds is 8. The number of nitrogens with one attached hydrogen (secondary N) is 1. The minimum atomic E-state index is -3.60. The lowest BCUT2D eigenvalue weighted by atomic mass is 9.87. The largest absolute Gasteiger partial charge is 0.381 e. The summed E-state index contributed by atoms with van der Waals surface area (Å²) >= 11 is 1.62. The Hall–Kier alpha value is -3.73. The van der Waals surface area contributed by atoms with Gasteiger partial charge in [0.25, 0.3) is 0 Å². The van der Waals surface area contributed by atoms with Crippen molar-refractivity contribution >= 4 is 37.1 Å². The lowest BCUT2D eigenvalue weighted by Crippen LogP contribution is -2.17. The van der Waals surface area contributed by atoms with Gasteiger partial charge in [0.2, 0.25) is 0 Å². The first-order valence-electron chi connectivity index (χ1n) is 17.2. The first-order chi connectivity index (χ1) is 23.3. The zero-order valence-corrected chi connectivity index (χ0v) is 29.3. The standard InChI is InChI=1S/C38H41N5O3S2/c1-22(2)28-21-48(44,45)37-34(32-20-26-11-16-41-38(36(26)47-32)43-30-9-8-29-27(30)5-4-14-40-29)33(25-10-15-39-23(3)19-25)31(42-35(28)37)7-6-24-12-17-46-18-13-24/h4-5,10-11,14-16,19-20,22,24,28,30H,6-9,12-13,17-18,21H2,1-3H3,(H,41,43)/t28?,30-/m1/s1. The van der Waals surface area contributed by atoms with Crippen molar-refractivity contribution in [2.45, 2.75) is 76.2 Å². The molecular formula is C38H41N5O3S2. The summed E-state index contributed by atoms with van der Waals surface area (Å²) in [5, 5.41) is 4.77. The van der Waals surface area contributed by atoms with Crippen molar-refractivity contribution < 1.29 is 13.2 Å². The van der Waals surface area contributed by atoms with Crippen LogP contribution in [-0.2, 0) is 27.4 Å². The second-order valence-corrected chi connectivity index (χ2v) is 16.9. The molecule has 3 aliphatic rings. The maximum absolute atomic E-state index is 14.3. The van der Waals surface area contributed by atoms with Crippen molar-refractivity contribution in [2.24, 2.45) is 11.8 Å². The van der Waals surface area contributed by atoms with E-state index in [4.69, 9.17) is 14.7 Å². The number of hydrogen-bond donors (Lipinski definition) is 1. The van der Waals surface area contributed by atoms with Gasteiger partial charge in [-0.3, -0.25) is 15.0 Å². The maximum Gasteiger partial charge on any atom is 0.181 e. The fourth-order valence-corrected chi connectivity index (χ4v) is 11.3. The fraction of sp³-hybridized carbons (Fsp3) is 0.421. The zero-order chi connectivity index (χ0) is 33.0. The van der Waals surface area contributed by atoms with Gasteiger partial charge in [0, 0.05) is 70.8 Å². The lowest BCUT2D eigenvalue weighted by molar-refractivity contribution is 0.0639. The van der Waals surface area contributed by atoms with Crippen molar-refractivity contribution in [3.05, 3.63) is 83.3 Å². The van der Waals surface area contributed by atoms with Gasteiger partial charge < -0.3 is 10.1 Å². The van der Waals surface area contributed by atoms with Gasteiger partial charge in [0.15, 0.2) is 9.84 Å². The average Bonchev–Trinajstić information content (AvgIpc) is 3.78. The highest BCUT2D eigenvalue weighted by molar-refractivity contribution is 7.92. The number of nitrogens with zero attached hydrogens (tertiary/aromatic N) is 4. The highest BCUT2D eigenvalue weighted by Gasteiger charge is 2.42. The summed E-state index contributed by atoms with van der Waals surface area (Å²) in [4.78, 5) is 20.6. The summed E-state index contributed by atoms with van der Waals surface area (Å²) in [7, 11) is -3.60. The average molecular weight is 680 g/mol. The zero-order valence-electron chi connectivity index (χ0n) is 27.7. The second-order valence-electron chi connectivity index (χ2n) is 13.9. The molecule has 1 N–H and O–H groups in total. The van der Waals surface area contributed by atoms with Gasteiger partial charge in [-0.25, -0.2) is 13.4 Å². The topological polar surface area (TPSA) is 107 Å². The number of aromatic nitrogens is 4. The molecule has 10 heteroatoms. The van der Waals surface area contributed by atoms with E-state index in [1.165, 1.54) is 5.56 Å². The molecule has 5 aromatic rings. The van der Waals surface area contributed by atoms with E-state index in [0.29, 0.717) is 10.8 Å². The molecule has 1 aliphatic carbocycles. The van der Waals surface area contributed by atoms with Crippen molar-refractivity contribution in [2.75, 3.05) is 24.3 Å². The summed E-state index contributed by atoms with van der Waals surface area (Å²) in [5.74, 6) is 1.47. The molecule has 0 amide bonds. The summed E-state index contributed by atoms with van der Waals surface area (Å²) < 4.78 is 35.2. The fourth-order valence-electron chi connectivity index (χ4n) is 7.83. The minimum Gasteiger partial charge on any atom is -0.381 e. The summed E-state index contributed by atoms with van der Waals surface area (Å²) in [5.41, 5.74) is 7.63. The van der Waals surface area contributed by atoms with Gasteiger partial charge in [0.05, 0.1) is 27.1 Å². The number of fused-ring (bicyclic) bond motifs is 3. The molecule has 2 atom stereocenters. The normalized spacial score (nSPS) is 20.3. The van der Waals surface area contributed by atoms with Crippen LogP contribution in [0.25, 0.3) is 31.7 Å². The van der Waals surface area contributed by atoms with Crippen LogP contribution in [-0.4, -0.2) is 47.3 Å². The number of ether oxygens (including phenoxy) is 1. The monoisotopic (exact) mass is 679 g/mol. The van der Waals surface area contributed by atoms with E-state index in [1.807, 2.05) is 43.7 Å². The van der Waals surface area contributed by atoms with Crippen molar-refractivity contribution in [1.29, 1.82) is 0 Å². The van der Waals surface area contributed by atoms with E-state index in [-0.39, 0.29) is 23.6 Å². The first-order valence-corrected chi connectivity index (χ1v) is 19.6. The molecule has 8 rings (SSSR count). The van der Waals surface area contributed by atoms with E-state index in [0.717, 1.165) is 112 Å². The molecule has 1 fully saturated rings. The molecule has 0 radical (unpaired) electrons. The van der Waals surface area contributed by atoms with Gasteiger partial charge in [-0.1, -0.05) is 19.9 Å². The predicted molar refractivity (Wildman–Crippen MR) is 191 cm³/mol. The second kappa shape index (κ2) is 12.6. The SMILES string of the molecule is Cc1cc(-c2c(CCC3CCOCC3)nc3c(c2-c2cc4ccnc(N[C@@H]5CCc6ncccc65)c4s2)S(=O)(=O)CC3C(C)C)ccn1. The Morgan fingerprint density at radius 1 is 1.00 bits per heavy atom. The number of anilines is 1. The Balaban J connectivity index is 1.33. The lowest BCUT2D eigenvalue weighted by Gasteiger charge is -2.24. The Morgan fingerprint density at radius 3 is 2.65 bits per heavy atom. The molecule has 1 unspecified atom stereocenters. The molecular weight excluding hydrogens is 639 g/mol. The quantitative estimate of drug-likeness (QED) is 0.175. The third-order valence-corrected chi connectivity index (χ3v) is 13.4. The molecule has 8 nitrogen and oxygen atoms in total. The molecule has 248 valence electrons. The highest BCUT2D eigenvalue weighted by atomic mass is 32.2. The van der Waals surface area contributed by atoms with Crippen LogP contribution in [0.5, 0.6) is 0 Å². The third kappa shape index (κ3) is 5.71. The highest BCUT2D eigenvalue weighted by Crippen LogP contribution is 2.51. The Morgan fingerprint density at radius 2 is 1.83 bits per heavy atom. The van der Waals surface area contributed by atoms with E-state index in [1.54, 1.807) is 11.3 Å². The minimum absolute atomic E-state index is 0.0899. The van der Waals surface area contributed by atoms with Crippen molar-refractivity contribution in [3.63, 3.8) is 0 Å². The van der Waals surface area contributed by atoms with Crippen LogP contribution < -0.4 is 5.32 Å². The number of thiophene rings is 1. The molecule has 0 bridgehead atoms. The van der Waals surface area contributed by atoms with Crippen molar-refractivity contribution in [1.82, 2.24) is 19.9 Å². The van der Waals surface area contributed by atoms with Crippen LogP contribution in [0.2, 0.25) is 0 Å². The Labute approximate surface area is 286 Å². The third-order valence-electron chi connectivity index (χ3n) is 10.4. The first kappa shape index (κ1) is 31.5. The van der Waals surface area contributed by atoms with Gasteiger partial charge in [-0.2, -0.15) is 0 Å². The van der Waals surface area contributed by atoms with Crippen LogP contribution >= 0.6 is 11.3 Å². The molecule has 0 aromatic carbocycles. The van der Waals surface area contributed by atoms with Crippen LogP contribution in [0, 0.1) is 18.8 Å². The number of aryl methyl sites for hydroxylation is 3. The molecule has 7 heterocycles. The molecule has 1 saturated heterocycles. The molecule has 48 heavy (non-hydrogen) atoms.